The van der Waals surface area contributed by atoms with Crippen LogP contribution >= 0.6 is 0 Å². The van der Waals surface area contributed by atoms with E-state index in [0.29, 0.717) is 15.9 Å². The molecular formula is C20H13F3N6O. The predicted octanol–water partition coefficient (Wildman–Crippen LogP) is 4.00. The van der Waals surface area contributed by atoms with Gasteiger partial charge in [0, 0.05) is 24.2 Å². The lowest BCUT2D eigenvalue weighted by Gasteiger charge is -2.10. The van der Waals surface area contributed by atoms with Gasteiger partial charge in [0.2, 0.25) is 0 Å². The maximum absolute atomic E-state index is 13.5. The first kappa shape index (κ1) is 19.2. The quantitative estimate of drug-likeness (QED) is 0.550. The van der Waals surface area contributed by atoms with Crippen molar-refractivity contribution in [3.8, 4) is 17.1 Å². The number of aromatic nitrogens is 5. The highest BCUT2D eigenvalue weighted by Gasteiger charge is 2.36. The molecule has 0 saturated heterocycles. The van der Waals surface area contributed by atoms with Crippen LogP contribution in [-0.4, -0.2) is 30.6 Å². The van der Waals surface area contributed by atoms with Crippen LogP contribution in [0.3, 0.4) is 0 Å². The van der Waals surface area contributed by atoms with Gasteiger partial charge in [0.25, 0.3) is 5.91 Å². The molecule has 0 unspecified atom stereocenters. The SMILES string of the molecule is O=C(Nc1ccc(-n2nc(-c3cccnc3)cc2C(F)(F)F)nc1)c1ccccn1. The van der Waals surface area contributed by atoms with E-state index in [2.05, 4.69) is 25.4 Å². The molecule has 0 spiro atoms. The van der Waals surface area contributed by atoms with Crippen molar-refractivity contribution in [3.63, 3.8) is 0 Å². The van der Waals surface area contributed by atoms with Crippen molar-refractivity contribution in [2.75, 3.05) is 5.32 Å². The number of amides is 1. The minimum absolute atomic E-state index is 0.0479. The van der Waals surface area contributed by atoms with Crippen molar-refractivity contribution >= 4 is 11.6 Å². The van der Waals surface area contributed by atoms with Crippen LogP contribution in [0, 0.1) is 0 Å². The van der Waals surface area contributed by atoms with E-state index >= 15 is 0 Å². The molecule has 0 saturated carbocycles. The molecule has 30 heavy (non-hydrogen) atoms. The summed E-state index contributed by atoms with van der Waals surface area (Å²) in [4.78, 5) is 24.0. The minimum atomic E-state index is -4.64. The Morgan fingerprint density at radius 1 is 0.967 bits per heavy atom. The van der Waals surface area contributed by atoms with Crippen molar-refractivity contribution in [3.05, 3.63) is 84.7 Å². The first-order chi connectivity index (χ1) is 14.4. The zero-order valence-electron chi connectivity index (χ0n) is 15.2. The van der Waals surface area contributed by atoms with E-state index in [9.17, 15) is 18.0 Å². The van der Waals surface area contributed by atoms with E-state index in [1.165, 1.54) is 43.0 Å². The maximum atomic E-state index is 13.5. The Morgan fingerprint density at radius 2 is 1.83 bits per heavy atom. The van der Waals surface area contributed by atoms with E-state index in [1.807, 2.05) is 0 Å². The second-order valence-electron chi connectivity index (χ2n) is 6.14. The van der Waals surface area contributed by atoms with Crippen LogP contribution in [0.2, 0.25) is 0 Å². The van der Waals surface area contributed by atoms with Gasteiger partial charge in [0.15, 0.2) is 11.5 Å². The van der Waals surface area contributed by atoms with Crippen LogP contribution in [0.1, 0.15) is 16.2 Å². The summed E-state index contributed by atoms with van der Waals surface area (Å²) < 4.78 is 41.3. The van der Waals surface area contributed by atoms with E-state index < -0.39 is 17.8 Å². The van der Waals surface area contributed by atoms with Crippen LogP contribution in [0.25, 0.3) is 17.1 Å². The lowest BCUT2D eigenvalue weighted by molar-refractivity contribution is -0.142. The van der Waals surface area contributed by atoms with Crippen molar-refractivity contribution in [2.45, 2.75) is 6.18 Å². The van der Waals surface area contributed by atoms with Crippen molar-refractivity contribution in [2.24, 2.45) is 0 Å². The van der Waals surface area contributed by atoms with Crippen LogP contribution in [0.5, 0.6) is 0 Å². The van der Waals surface area contributed by atoms with Gasteiger partial charge >= 0.3 is 6.18 Å². The average Bonchev–Trinajstić information content (AvgIpc) is 3.22. The summed E-state index contributed by atoms with van der Waals surface area (Å²) in [7, 11) is 0. The number of pyridine rings is 3. The van der Waals surface area contributed by atoms with E-state index in [4.69, 9.17) is 0 Å². The Hall–Kier alpha value is -4.08. The highest BCUT2D eigenvalue weighted by molar-refractivity contribution is 6.02. The van der Waals surface area contributed by atoms with Crippen molar-refractivity contribution < 1.29 is 18.0 Å². The molecule has 4 aromatic rings. The zero-order valence-corrected chi connectivity index (χ0v) is 15.2. The van der Waals surface area contributed by atoms with Gasteiger partial charge in [0.05, 0.1) is 17.6 Å². The second-order valence-corrected chi connectivity index (χ2v) is 6.14. The van der Waals surface area contributed by atoms with Gasteiger partial charge in [-0.25, -0.2) is 9.67 Å². The molecule has 0 aliphatic rings. The third-order valence-electron chi connectivity index (χ3n) is 4.08. The number of nitrogens with zero attached hydrogens (tertiary/aromatic N) is 5. The molecule has 10 heteroatoms. The number of anilines is 1. The average molecular weight is 410 g/mol. The Labute approximate surface area is 168 Å². The molecule has 0 aromatic carbocycles. The Kier molecular flexibility index (Phi) is 4.97. The van der Waals surface area contributed by atoms with Gasteiger partial charge in [-0.05, 0) is 42.5 Å². The fourth-order valence-corrected chi connectivity index (χ4v) is 2.69. The lowest BCUT2D eigenvalue weighted by atomic mass is 10.2. The number of nitrogens with one attached hydrogen (secondary N) is 1. The molecule has 0 atom stereocenters. The molecule has 1 N–H and O–H groups in total. The minimum Gasteiger partial charge on any atom is -0.319 e. The summed E-state index contributed by atoms with van der Waals surface area (Å²) in [5, 5.41) is 6.64. The predicted molar refractivity (Wildman–Crippen MR) is 102 cm³/mol. The molecule has 1 amide bonds. The number of hydrogen-bond acceptors (Lipinski definition) is 5. The van der Waals surface area contributed by atoms with Gasteiger partial charge in [-0.1, -0.05) is 6.07 Å². The fourth-order valence-electron chi connectivity index (χ4n) is 2.69. The summed E-state index contributed by atoms with van der Waals surface area (Å²) in [6.45, 7) is 0. The Morgan fingerprint density at radius 3 is 2.47 bits per heavy atom. The number of alkyl halides is 3. The monoisotopic (exact) mass is 410 g/mol. The normalized spacial score (nSPS) is 11.3. The molecular weight excluding hydrogens is 397 g/mol. The number of carbonyl (C=O) groups is 1. The molecule has 7 nitrogen and oxygen atoms in total. The largest absolute Gasteiger partial charge is 0.433 e. The van der Waals surface area contributed by atoms with Gasteiger partial charge in [-0.3, -0.25) is 14.8 Å². The van der Waals surface area contributed by atoms with Crippen LogP contribution in [-0.2, 0) is 6.18 Å². The smallest absolute Gasteiger partial charge is 0.319 e. The zero-order chi connectivity index (χ0) is 21.1. The van der Waals surface area contributed by atoms with Crippen LogP contribution < -0.4 is 5.32 Å². The number of carbonyl (C=O) groups excluding carboxylic acids is 1. The second kappa shape index (κ2) is 7.74. The van der Waals surface area contributed by atoms with Crippen molar-refractivity contribution in [1.82, 2.24) is 24.7 Å². The third kappa shape index (κ3) is 4.02. The van der Waals surface area contributed by atoms with Crippen LogP contribution in [0.15, 0.2) is 73.3 Å². The first-order valence-corrected chi connectivity index (χ1v) is 8.68. The fraction of sp³-hybridized carbons (Fsp3) is 0.0500. The summed E-state index contributed by atoms with van der Waals surface area (Å²) in [5.41, 5.74) is 0.0987. The van der Waals surface area contributed by atoms with Gasteiger partial charge in [-0.2, -0.15) is 18.3 Å². The number of rotatable bonds is 4. The topological polar surface area (TPSA) is 85.6 Å². The Balaban J connectivity index is 1.64. The first-order valence-electron chi connectivity index (χ1n) is 8.68. The molecule has 0 aliphatic carbocycles. The summed E-state index contributed by atoms with van der Waals surface area (Å²) in [6.07, 6.45) is 1.04. The standard InChI is InChI=1S/C20H13F3N6O/c21-20(22,23)17-10-16(13-4-3-8-24-11-13)28-29(17)18-7-6-14(12-26-18)27-19(30)15-5-1-2-9-25-15/h1-12H,(H,27,30). The van der Waals surface area contributed by atoms with E-state index in [-0.39, 0.29) is 17.2 Å². The molecule has 0 radical (unpaired) electrons. The van der Waals surface area contributed by atoms with Gasteiger partial charge < -0.3 is 5.32 Å². The third-order valence-corrected chi connectivity index (χ3v) is 4.08. The van der Waals surface area contributed by atoms with Gasteiger partial charge in [-0.15, -0.1) is 0 Å². The molecule has 4 aromatic heterocycles. The molecule has 4 heterocycles. The number of hydrogen-bond donors (Lipinski definition) is 1. The van der Waals surface area contributed by atoms with Crippen LogP contribution in [0.4, 0.5) is 18.9 Å². The number of halogens is 3. The summed E-state index contributed by atoms with van der Waals surface area (Å²) in [6, 6.07) is 11.8. The molecule has 4 rings (SSSR count). The lowest BCUT2D eigenvalue weighted by Crippen LogP contribution is -2.15. The highest BCUT2D eigenvalue weighted by atomic mass is 19.4. The van der Waals surface area contributed by atoms with Gasteiger partial charge in [0.1, 0.15) is 5.69 Å². The summed E-state index contributed by atoms with van der Waals surface area (Å²) >= 11 is 0. The van der Waals surface area contributed by atoms with E-state index in [0.717, 1.165) is 6.07 Å². The maximum Gasteiger partial charge on any atom is 0.433 e. The van der Waals surface area contributed by atoms with E-state index in [1.54, 1.807) is 24.3 Å². The Bertz CT molecular complexity index is 1160. The molecule has 0 bridgehead atoms. The molecule has 0 aliphatic heterocycles. The molecule has 0 fully saturated rings. The van der Waals surface area contributed by atoms with Crippen molar-refractivity contribution in [1.29, 1.82) is 0 Å². The highest BCUT2D eigenvalue weighted by Crippen LogP contribution is 2.33. The summed E-state index contributed by atoms with van der Waals surface area (Å²) in [5.74, 6) is -0.507. The molecule has 150 valence electrons.